The molecular weight excluding hydrogens is 325 g/mol. The highest BCUT2D eigenvalue weighted by molar-refractivity contribution is 6.36. The Morgan fingerprint density at radius 3 is 2.41 bits per heavy atom. The van der Waals surface area contributed by atoms with Crippen LogP contribution in [-0.2, 0) is 0 Å². The van der Waals surface area contributed by atoms with Crippen LogP contribution in [-0.4, -0.2) is 18.1 Å². The lowest BCUT2D eigenvalue weighted by molar-refractivity contribution is 0.102. The molecule has 2 N–H and O–H groups in total. The van der Waals surface area contributed by atoms with E-state index in [1.165, 1.54) is 19.2 Å². The van der Waals surface area contributed by atoms with Gasteiger partial charge in [-0.3, -0.25) is 4.79 Å². The van der Waals surface area contributed by atoms with Crippen LogP contribution < -0.4 is 10.1 Å². The molecule has 0 heterocycles. The van der Waals surface area contributed by atoms with E-state index < -0.39 is 6.10 Å². The molecule has 1 amide bonds. The quantitative estimate of drug-likeness (QED) is 0.872. The number of carbonyl (C=O) groups excluding carboxylic acids is 1. The predicted molar refractivity (Wildman–Crippen MR) is 88.0 cm³/mol. The minimum absolute atomic E-state index is 0.250. The number of aliphatic hydroxyl groups excluding tert-OH is 1. The summed E-state index contributed by atoms with van der Waals surface area (Å²) in [4.78, 5) is 12.4. The van der Waals surface area contributed by atoms with E-state index in [0.717, 1.165) is 5.56 Å². The number of aliphatic hydroxyl groups is 1. The zero-order chi connectivity index (χ0) is 16.3. The summed E-state index contributed by atoms with van der Waals surface area (Å²) in [5, 5.41) is 12.8. The van der Waals surface area contributed by atoms with Gasteiger partial charge in [-0.25, -0.2) is 0 Å². The molecule has 0 aliphatic heterocycles. The number of hydrogen-bond donors (Lipinski definition) is 2. The Kier molecular flexibility index (Phi) is 5.29. The van der Waals surface area contributed by atoms with Gasteiger partial charge in [0.25, 0.3) is 5.91 Å². The van der Waals surface area contributed by atoms with Crippen LogP contribution in [0.3, 0.4) is 0 Å². The number of nitrogens with one attached hydrogen (secondary N) is 1. The van der Waals surface area contributed by atoms with E-state index in [0.29, 0.717) is 10.7 Å². The Bertz CT molecular complexity index is 685. The van der Waals surface area contributed by atoms with E-state index in [-0.39, 0.29) is 22.2 Å². The van der Waals surface area contributed by atoms with E-state index in [1.807, 2.05) is 0 Å². The molecule has 1 atom stereocenters. The SMILES string of the molecule is COc1c(Cl)cc(Cl)cc1C(=O)Nc1ccc(C(C)O)cc1. The highest BCUT2D eigenvalue weighted by atomic mass is 35.5. The van der Waals surface area contributed by atoms with Crippen LogP contribution in [0.15, 0.2) is 36.4 Å². The summed E-state index contributed by atoms with van der Waals surface area (Å²) >= 11 is 12.0. The molecule has 0 aliphatic carbocycles. The second-order valence-electron chi connectivity index (χ2n) is 4.72. The molecule has 22 heavy (non-hydrogen) atoms. The standard InChI is InChI=1S/C16H15Cl2NO3/c1-9(20)10-3-5-12(6-4-10)19-16(21)13-7-11(17)8-14(18)15(13)22-2/h3-9,20H,1-2H3,(H,19,21). The summed E-state index contributed by atoms with van der Waals surface area (Å²) in [6, 6.07) is 9.89. The number of rotatable bonds is 4. The lowest BCUT2D eigenvalue weighted by atomic mass is 10.1. The molecule has 2 aromatic carbocycles. The van der Waals surface area contributed by atoms with Crippen molar-refractivity contribution in [3.63, 3.8) is 0 Å². The molecule has 0 saturated carbocycles. The van der Waals surface area contributed by atoms with Crippen LogP contribution in [0.4, 0.5) is 5.69 Å². The highest BCUT2D eigenvalue weighted by Crippen LogP contribution is 2.32. The van der Waals surface area contributed by atoms with E-state index in [4.69, 9.17) is 27.9 Å². The van der Waals surface area contributed by atoms with Crippen LogP contribution in [0.2, 0.25) is 10.0 Å². The third-order valence-electron chi connectivity index (χ3n) is 3.11. The summed E-state index contributed by atoms with van der Waals surface area (Å²) in [5.74, 6) is -0.116. The molecule has 0 aromatic heterocycles. The number of benzene rings is 2. The zero-order valence-corrected chi connectivity index (χ0v) is 13.6. The number of hydrogen-bond acceptors (Lipinski definition) is 3. The van der Waals surface area contributed by atoms with Gasteiger partial charge in [0, 0.05) is 10.7 Å². The lowest BCUT2D eigenvalue weighted by Gasteiger charge is -2.12. The first-order valence-electron chi connectivity index (χ1n) is 6.54. The summed E-state index contributed by atoms with van der Waals surface area (Å²) < 4.78 is 5.16. The van der Waals surface area contributed by atoms with E-state index in [1.54, 1.807) is 31.2 Å². The Morgan fingerprint density at radius 1 is 1.23 bits per heavy atom. The van der Waals surface area contributed by atoms with Crippen LogP contribution in [0.5, 0.6) is 5.75 Å². The number of amides is 1. The third-order valence-corrected chi connectivity index (χ3v) is 3.61. The molecular formula is C16H15Cl2NO3. The normalized spacial score (nSPS) is 11.9. The molecule has 2 aromatic rings. The van der Waals surface area contributed by atoms with Gasteiger partial charge >= 0.3 is 0 Å². The number of halogens is 2. The van der Waals surface area contributed by atoms with Crippen LogP contribution >= 0.6 is 23.2 Å². The minimum atomic E-state index is -0.559. The van der Waals surface area contributed by atoms with Crippen molar-refractivity contribution < 1.29 is 14.6 Å². The Balaban J connectivity index is 2.25. The van der Waals surface area contributed by atoms with Crippen molar-refractivity contribution in [3.8, 4) is 5.75 Å². The molecule has 0 saturated heterocycles. The van der Waals surface area contributed by atoms with Gasteiger partial charge < -0.3 is 15.2 Å². The fourth-order valence-corrected chi connectivity index (χ4v) is 2.55. The lowest BCUT2D eigenvalue weighted by Crippen LogP contribution is -2.13. The van der Waals surface area contributed by atoms with Crippen LogP contribution in [0.25, 0.3) is 0 Å². The van der Waals surface area contributed by atoms with Crippen molar-refractivity contribution >= 4 is 34.8 Å². The predicted octanol–water partition coefficient (Wildman–Crippen LogP) is 4.31. The zero-order valence-electron chi connectivity index (χ0n) is 12.1. The van der Waals surface area contributed by atoms with Crippen LogP contribution in [0.1, 0.15) is 28.9 Å². The van der Waals surface area contributed by atoms with Gasteiger partial charge in [0.05, 0.1) is 23.8 Å². The third kappa shape index (κ3) is 3.71. The van der Waals surface area contributed by atoms with Gasteiger partial charge in [-0.2, -0.15) is 0 Å². The number of ether oxygens (including phenoxy) is 1. The molecule has 4 nitrogen and oxygen atoms in total. The smallest absolute Gasteiger partial charge is 0.259 e. The van der Waals surface area contributed by atoms with Gasteiger partial charge in [0.1, 0.15) is 5.75 Å². The van der Waals surface area contributed by atoms with Gasteiger partial charge in [-0.1, -0.05) is 35.3 Å². The summed E-state index contributed by atoms with van der Waals surface area (Å²) in [5.41, 5.74) is 1.61. The maximum Gasteiger partial charge on any atom is 0.259 e. The van der Waals surface area contributed by atoms with Crippen molar-refractivity contribution in [1.29, 1.82) is 0 Å². The molecule has 116 valence electrons. The summed E-state index contributed by atoms with van der Waals surface area (Å²) in [7, 11) is 1.43. The highest BCUT2D eigenvalue weighted by Gasteiger charge is 2.17. The fraction of sp³-hybridized carbons (Fsp3) is 0.188. The first-order chi connectivity index (χ1) is 10.4. The van der Waals surface area contributed by atoms with Crippen molar-refractivity contribution in [2.75, 3.05) is 12.4 Å². The van der Waals surface area contributed by atoms with Crippen molar-refractivity contribution in [2.45, 2.75) is 13.0 Å². The average Bonchev–Trinajstić information content (AvgIpc) is 2.47. The monoisotopic (exact) mass is 339 g/mol. The van der Waals surface area contributed by atoms with E-state index >= 15 is 0 Å². The Morgan fingerprint density at radius 2 is 1.86 bits per heavy atom. The average molecular weight is 340 g/mol. The first kappa shape index (κ1) is 16.6. The van der Waals surface area contributed by atoms with Gasteiger partial charge in [-0.05, 0) is 36.8 Å². The van der Waals surface area contributed by atoms with Crippen molar-refractivity contribution in [2.24, 2.45) is 0 Å². The van der Waals surface area contributed by atoms with Crippen molar-refractivity contribution in [1.82, 2.24) is 0 Å². The molecule has 2 rings (SSSR count). The summed E-state index contributed by atoms with van der Waals surface area (Å²) in [6.45, 7) is 1.67. The number of anilines is 1. The Hall–Kier alpha value is -1.75. The Labute approximate surface area is 138 Å². The van der Waals surface area contributed by atoms with Crippen molar-refractivity contribution in [3.05, 3.63) is 57.6 Å². The number of carbonyl (C=O) groups is 1. The molecule has 0 bridgehead atoms. The molecule has 0 radical (unpaired) electrons. The second-order valence-corrected chi connectivity index (χ2v) is 5.56. The van der Waals surface area contributed by atoms with Crippen LogP contribution in [0, 0.1) is 0 Å². The minimum Gasteiger partial charge on any atom is -0.494 e. The molecule has 6 heteroatoms. The second kappa shape index (κ2) is 7.01. The van der Waals surface area contributed by atoms with Gasteiger partial charge in [-0.15, -0.1) is 0 Å². The molecule has 0 fully saturated rings. The summed E-state index contributed by atoms with van der Waals surface area (Å²) in [6.07, 6.45) is -0.559. The topological polar surface area (TPSA) is 58.6 Å². The van der Waals surface area contributed by atoms with Gasteiger partial charge in [0.15, 0.2) is 0 Å². The molecule has 0 spiro atoms. The molecule has 1 unspecified atom stereocenters. The molecule has 0 aliphatic rings. The largest absolute Gasteiger partial charge is 0.494 e. The maximum atomic E-state index is 12.4. The fourth-order valence-electron chi connectivity index (χ4n) is 1.98. The first-order valence-corrected chi connectivity index (χ1v) is 7.30. The van der Waals surface area contributed by atoms with E-state index in [9.17, 15) is 9.90 Å². The maximum absolute atomic E-state index is 12.4. The van der Waals surface area contributed by atoms with Gasteiger partial charge in [0.2, 0.25) is 0 Å². The number of methoxy groups -OCH3 is 1. The van der Waals surface area contributed by atoms with E-state index in [2.05, 4.69) is 5.32 Å².